The number of phenolic OH excluding ortho intramolecular Hbond substituents is 1. The zero-order valence-corrected chi connectivity index (χ0v) is 10.7. The van der Waals surface area contributed by atoms with Crippen LogP contribution in [-0.4, -0.2) is 20.6 Å². The summed E-state index contributed by atoms with van der Waals surface area (Å²) in [4.78, 5) is 12.4. The molecule has 0 saturated heterocycles. The minimum Gasteiger partial charge on any atom is -0.508 e. The number of phenols is 1. The molecular weight excluding hydrogens is 250 g/mol. The molecule has 0 saturated carbocycles. The molecule has 6 heteroatoms. The van der Waals surface area contributed by atoms with Crippen molar-refractivity contribution < 1.29 is 9.90 Å². The van der Waals surface area contributed by atoms with Gasteiger partial charge in [0.15, 0.2) is 0 Å². The Kier molecular flexibility index (Phi) is 3.88. The molecule has 2 aromatic rings. The van der Waals surface area contributed by atoms with Crippen molar-refractivity contribution in [2.45, 2.75) is 19.9 Å². The van der Waals surface area contributed by atoms with Gasteiger partial charge in [0.2, 0.25) is 0 Å². The molecule has 2 N–H and O–H groups in total. The Labute approximate surface area is 109 Å². The SMILES string of the molecule is CCc1nnsc1C(=O)NCc1ccccc1O. The van der Waals surface area contributed by atoms with E-state index in [-0.39, 0.29) is 18.2 Å². The number of nitrogens with zero attached hydrogens (tertiary/aromatic N) is 2. The van der Waals surface area contributed by atoms with Crippen LogP contribution in [0, 0.1) is 0 Å². The van der Waals surface area contributed by atoms with Crippen molar-refractivity contribution in [3.8, 4) is 5.75 Å². The van der Waals surface area contributed by atoms with Crippen LogP contribution >= 0.6 is 11.5 Å². The second-order valence-corrected chi connectivity index (χ2v) is 4.47. The monoisotopic (exact) mass is 263 g/mol. The largest absolute Gasteiger partial charge is 0.508 e. The first-order valence-corrected chi connectivity index (χ1v) is 6.36. The van der Waals surface area contributed by atoms with E-state index in [1.807, 2.05) is 13.0 Å². The lowest BCUT2D eigenvalue weighted by Gasteiger charge is -2.05. The second-order valence-electron chi connectivity index (χ2n) is 3.71. The van der Waals surface area contributed by atoms with Gasteiger partial charge in [-0.25, -0.2) is 0 Å². The first kappa shape index (κ1) is 12.5. The molecule has 94 valence electrons. The Hall–Kier alpha value is -1.95. The van der Waals surface area contributed by atoms with Crippen molar-refractivity contribution >= 4 is 17.4 Å². The first-order valence-electron chi connectivity index (χ1n) is 5.58. The summed E-state index contributed by atoms with van der Waals surface area (Å²) in [6.45, 7) is 2.21. The number of hydrogen-bond acceptors (Lipinski definition) is 5. The van der Waals surface area contributed by atoms with E-state index in [4.69, 9.17) is 0 Å². The second kappa shape index (κ2) is 5.59. The van der Waals surface area contributed by atoms with Crippen LogP contribution in [0.2, 0.25) is 0 Å². The molecule has 1 heterocycles. The van der Waals surface area contributed by atoms with E-state index in [2.05, 4.69) is 14.9 Å². The standard InChI is InChI=1S/C12H13N3O2S/c1-2-9-11(18-15-14-9)12(17)13-7-8-5-3-4-6-10(8)16/h3-6,16H,2,7H2,1H3,(H,13,17). The molecule has 0 aliphatic carbocycles. The van der Waals surface area contributed by atoms with Gasteiger partial charge in [-0.15, -0.1) is 5.10 Å². The number of benzene rings is 1. The molecule has 0 bridgehead atoms. The number of carbonyl (C=O) groups is 1. The first-order chi connectivity index (χ1) is 8.72. The van der Waals surface area contributed by atoms with Crippen molar-refractivity contribution in [3.63, 3.8) is 0 Å². The quantitative estimate of drug-likeness (QED) is 0.881. The lowest BCUT2D eigenvalue weighted by atomic mass is 10.2. The van der Waals surface area contributed by atoms with E-state index >= 15 is 0 Å². The molecule has 0 fully saturated rings. The van der Waals surface area contributed by atoms with Gasteiger partial charge in [-0.2, -0.15) is 0 Å². The Morgan fingerprint density at radius 2 is 2.22 bits per heavy atom. The van der Waals surface area contributed by atoms with Crippen LogP contribution in [0.15, 0.2) is 24.3 Å². The zero-order chi connectivity index (χ0) is 13.0. The number of para-hydroxylation sites is 1. The van der Waals surface area contributed by atoms with Crippen molar-refractivity contribution in [3.05, 3.63) is 40.4 Å². The molecule has 0 radical (unpaired) electrons. The minimum absolute atomic E-state index is 0.177. The number of aromatic nitrogens is 2. The molecule has 2 rings (SSSR count). The number of carbonyl (C=O) groups excluding carboxylic acids is 1. The highest BCUT2D eigenvalue weighted by molar-refractivity contribution is 7.08. The molecule has 18 heavy (non-hydrogen) atoms. The van der Waals surface area contributed by atoms with Crippen molar-refractivity contribution in [2.24, 2.45) is 0 Å². The summed E-state index contributed by atoms with van der Waals surface area (Å²) in [6.07, 6.45) is 0.676. The van der Waals surface area contributed by atoms with E-state index in [0.29, 0.717) is 22.6 Å². The van der Waals surface area contributed by atoms with E-state index in [9.17, 15) is 9.90 Å². The predicted molar refractivity (Wildman–Crippen MR) is 68.6 cm³/mol. The number of nitrogens with one attached hydrogen (secondary N) is 1. The molecule has 0 unspecified atom stereocenters. The maximum atomic E-state index is 11.9. The van der Waals surface area contributed by atoms with Crippen LogP contribution in [0.25, 0.3) is 0 Å². The average molecular weight is 263 g/mol. The molecule has 1 amide bonds. The Bertz CT molecular complexity index is 554. The van der Waals surface area contributed by atoms with Gasteiger partial charge >= 0.3 is 0 Å². The van der Waals surface area contributed by atoms with Crippen LogP contribution < -0.4 is 5.32 Å². The van der Waals surface area contributed by atoms with Crippen molar-refractivity contribution in [1.82, 2.24) is 14.9 Å². The van der Waals surface area contributed by atoms with Gasteiger partial charge in [-0.1, -0.05) is 29.6 Å². The highest BCUT2D eigenvalue weighted by Gasteiger charge is 2.14. The molecule has 0 aliphatic rings. The number of amides is 1. The number of rotatable bonds is 4. The summed E-state index contributed by atoms with van der Waals surface area (Å²) in [5.41, 5.74) is 1.39. The average Bonchev–Trinajstić information content (AvgIpc) is 2.86. The highest BCUT2D eigenvalue weighted by atomic mass is 32.1. The Morgan fingerprint density at radius 3 is 2.94 bits per heavy atom. The van der Waals surface area contributed by atoms with Gasteiger partial charge in [0.05, 0.1) is 5.69 Å². The lowest BCUT2D eigenvalue weighted by Crippen LogP contribution is -2.22. The Morgan fingerprint density at radius 1 is 1.44 bits per heavy atom. The third-order valence-electron chi connectivity index (χ3n) is 2.53. The molecule has 1 aromatic carbocycles. The van der Waals surface area contributed by atoms with E-state index in [1.54, 1.807) is 18.2 Å². The predicted octanol–water partition coefficient (Wildman–Crippen LogP) is 1.74. The van der Waals surface area contributed by atoms with Crippen LogP contribution in [0.5, 0.6) is 5.75 Å². The topological polar surface area (TPSA) is 75.1 Å². The lowest BCUT2D eigenvalue weighted by molar-refractivity contribution is 0.0953. The van der Waals surface area contributed by atoms with Crippen molar-refractivity contribution in [2.75, 3.05) is 0 Å². The number of hydrogen-bond donors (Lipinski definition) is 2. The molecule has 0 atom stereocenters. The summed E-state index contributed by atoms with van der Waals surface area (Å²) < 4.78 is 3.77. The van der Waals surface area contributed by atoms with Crippen LogP contribution in [0.4, 0.5) is 0 Å². The third-order valence-corrected chi connectivity index (χ3v) is 3.29. The van der Waals surface area contributed by atoms with E-state index in [1.165, 1.54) is 0 Å². The molecule has 1 aromatic heterocycles. The summed E-state index contributed by atoms with van der Waals surface area (Å²) in [5, 5.41) is 16.2. The summed E-state index contributed by atoms with van der Waals surface area (Å²) in [7, 11) is 0. The smallest absolute Gasteiger partial charge is 0.265 e. The fourth-order valence-electron chi connectivity index (χ4n) is 1.53. The molecule has 0 aliphatic heterocycles. The van der Waals surface area contributed by atoms with Crippen LogP contribution in [0.3, 0.4) is 0 Å². The van der Waals surface area contributed by atoms with Crippen molar-refractivity contribution in [1.29, 1.82) is 0 Å². The third kappa shape index (κ3) is 2.65. The van der Waals surface area contributed by atoms with Gasteiger partial charge < -0.3 is 10.4 Å². The summed E-state index contributed by atoms with van der Waals surface area (Å²) in [6, 6.07) is 6.91. The summed E-state index contributed by atoms with van der Waals surface area (Å²) in [5.74, 6) is -0.0268. The highest BCUT2D eigenvalue weighted by Crippen LogP contribution is 2.16. The molecule has 0 spiro atoms. The number of aromatic hydroxyl groups is 1. The van der Waals surface area contributed by atoms with Gasteiger partial charge in [0.25, 0.3) is 5.91 Å². The maximum Gasteiger partial charge on any atom is 0.265 e. The fourth-order valence-corrected chi connectivity index (χ4v) is 2.20. The van der Waals surface area contributed by atoms with Crippen LogP contribution in [-0.2, 0) is 13.0 Å². The normalized spacial score (nSPS) is 10.3. The van der Waals surface area contributed by atoms with Gasteiger partial charge in [-0.3, -0.25) is 4.79 Å². The zero-order valence-electron chi connectivity index (χ0n) is 9.88. The molecule has 5 nitrogen and oxygen atoms in total. The van der Waals surface area contributed by atoms with Gasteiger partial charge in [0.1, 0.15) is 10.6 Å². The minimum atomic E-state index is -0.204. The summed E-state index contributed by atoms with van der Waals surface area (Å²) >= 11 is 1.09. The van der Waals surface area contributed by atoms with E-state index in [0.717, 1.165) is 11.5 Å². The number of aryl methyl sites for hydroxylation is 1. The van der Waals surface area contributed by atoms with E-state index < -0.39 is 0 Å². The van der Waals surface area contributed by atoms with Crippen LogP contribution in [0.1, 0.15) is 27.9 Å². The molecular formula is C12H13N3O2S. The Balaban J connectivity index is 2.03. The maximum absolute atomic E-state index is 11.9. The van der Waals surface area contributed by atoms with Gasteiger partial charge in [0, 0.05) is 12.1 Å². The fraction of sp³-hybridized carbons (Fsp3) is 0.250. The van der Waals surface area contributed by atoms with Gasteiger partial charge in [-0.05, 0) is 24.0 Å².